The number of amides is 1. The summed E-state index contributed by atoms with van der Waals surface area (Å²) >= 11 is 0. The predicted molar refractivity (Wildman–Crippen MR) is 64.2 cm³/mol. The SMILES string of the molecule is CC(C)C(CCO)NC(=O)c1ccc(F)c(F)c1. The molecule has 0 spiro atoms. The molecule has 1 aromatic carbocycles. The van der Waals surface area contributed by atoms with Crippen molar-refractivity contribution < 1.29 is 18.7 Å². The van der Waals surface area contributed by atoms with Crippen molar-refractivity contribution in [3.05, 3.63) is 35.4 Å². The van der Waals surface area contributed by atoms with Gasteiger partial charge in [0.1, 0.15) is 0 Å². The van der Waals surface area contributed by atoms with E-state index in [4.69, 9.17) is 5.11 Å². The first kappa shape index (κ1) is 14.6. The van der Waals surface area contributed by atoms with Gasteiger partial charge in [-0.3, -0.25) is 4.79 Å². The molecule has 1 atom stereocenters. The van der Waals surface area contributed by atoms with Crippen LogP contribution in [0.25, 0.3) is 0 Å². The first-order valence-corrected chi connectivity index (χ1v) is 5.82. The number of aliphatic hydroxyl groups excluding tert-OH is 1. The van der Waals surface area contributed by atoms with E-state index in [0.29, 0.717) is 6.42 Å². The summed E-state index contributed by atoms with van der Waals surface area (Å²) in [4.78, 5) is 11.8. The molecule has 1 rings (SSSR count). The zero-order valence-corrected chi connectivity index (χ0v) is 10.4. The van der Waals surface area contributed by atoms with Crippen molar-refractivity contribution in [2.24, 2.45) is 5.92 Å². The molecule has 0 saturated carbocycles. The molecule has 0 aromatic heterocycles. The molecule has 0 heterocycles. The zero-order valence-electron chi connectivity index (χ0n) is 10.4. The molecule has 0 saturated heterocycles. The van der Waals surface area contributed by atoms with Gasteiger partial charge < -0.3 is 10.4 Å². The van der Waals surface area contributed by atoms with Crippen LogP contribution in [0.5, 0.6) is 0 Å². The smallest absolute Gasteiger partial charge is 0.251 e. The topological polar surface area (TPSA) is 49.3 Å². The summed E-state index contributed by atoms with van der Waals surface area (Å²) in [6, 6.07) is 2.81. The molecule has 0 aliphatic carbocycles. The van der Waals surface area contributed by atoms with E-state index < -0.39 is 17.5 Å². The molecule has 1 amide bonds. The maximum absolute atomic E-state index is 13.0. The first-order chi connectivity index (χ1) is 8.45. The van der Waals surface area contributed by atoms with Crippen LogP contribution < -0.4 is 5.32 Å². The predicted octanol–water partition coefficient (Wildman–Crippen LogP) is 2.10. The quantitative estimate of drug-likeness (QED) is 0.848. The third kappa shape index (κ3) is 3.77. The van der Waals surface area contributed by atoms with Crippen LogP contribution >= 0.6 is 0 Å². The molecular weight excluding hydrogens is 240 g/mol. The fraction of sp³-hybridized carbons (Fsp3) is 0.462. The molecule has 5 heteroatoms. The van der Waals surface area contributed by atoms with Crippen LogP contribution in [-0.4, -0.2) is 23.7 Å². The molecular formula is C13H17F2NO2. The third-order valence-electron chi connectivity index (χ3n) is 2.74. The van der Waals surface area contributed by atoms with Crippen LogP contribution in [0.3, 0.4) is 0 Å². The Bertz CT molecular complexity index is 421. The molecule has 0 fully saturated rings. The van der Waals surface area contributed by atoms with E-state index in [1.165, 1.54) is 6.07 Å². The van der Waals surface area contributed by atoms with Crippen molar-refractivity contribution in [2.75, 3.05) is 6.61 Å². The second-order valence-corrected chi connectivity index (χ2v) is 4.47. The van der Waals surface area contributed by atoms with Gasteiger partial charge in [-0.05, 0) is 30.5 Å². The third-order valence-corrected chi connectivity index (χ3v) is 2.74. The highest BCUT2D eigenvalue weighted by Gasteiger charge is 2.17. The van der Waals surface area contributed by atoms with Gasteiger partial charge in [0.25, 0.3) is 5.91 Å². The number of benzene rings is 1. The lowest BCUT2D eigenvalue weighted by Gasteiger charge is -2.21. The number of carbonyl (C=O) groups is 1. The number of hydrogen-bond acceptors (Lipinski definition) is 2. The molecule has 100 valence electrons. The Kier molecular flexibility index (Phi) is 5.22. The Morgan fingerprint density at radius 3 is 2.50 bits per heavy atom. The number of halogens is 2. The van der Waals surface area contributed by atoms with Gasteiger partial charge in [0.05, 0.1) is 0 Å². The average Bonchev–Trinajstić information content (AvgIpc) is 2.31. The molecule has 3 nitrogen and oxygen atoms in total. The molecule has 0 bridgehead atoms. The normalized spacial score (nSPS) is 12.6. The molecule has 1 unspecified atom stereocenters. The van der Waals surface area contributed by atoms with Crippen molar-refractivity contribution in [2.45, 2.75) is 26.3 Å². The van der Waals surface area contributed by atoms with Gasteiger partial charge in [-0.15, -0.1) is 0 Å². The molecule has 18 heavy (non-hydrogen) atoms. The van der Waals surface area contributed by atoms with E-state index in [9.17, 15) is 13.6 Å². The van der Waals surface area contributed by atoms with Crippen LogP contribution in [0.1, 0.15) is 30.6 Å². The average molecular weight is 257 g/mol. The summed E-state index contributed by atoms with van der Waals surface area (Å²) in [5.41, 5.74) is 0.0671. The van der Waals surface area contributed by atoms with E-state index in [-0.39, 0.29) is 24.1 Å². The minimum atomic E-state index is -1.05. The van der Waals surface area contributed by atoms with E-state index in [1.807, 2.05) is 13.8 Å². The molecule has 0 radical (unpaired) electrons. The summed E-state index contributed by atoms with van der Waals surface area (Å²) in [6.07, 6.45) is 0.424. The second kappa shape index (κ2) is 6.44. The minimum absolute atomic E-state index is 0.0408. The first-order valence-electron chi connectivity index (χ1n) is 5.82. The molecule has 2 N–H and O–H groups in total. The Balaban J connectivity index is 2.77. The van der Waals surface area contributed by atoms with Crippen LogP contribution in [0.2, 0.25) is 0 Å². The number of hydrogen-bond donors (Lipinski definition) is 2. The largest absolute Gasteiger partial charge is 0.396 e. The molecule has 0 aliphatic heterocycles. The molecule has 1 aromatic rings. The Morgan fingerprint density at radius 2 is 2.00 bits per heavy atom. The van der Waals surface area contributed by atoms with E-state index in [2.05, 4.69) is 5.32 Å². The summed E-state index contributed by atoms with van der Waals surface area (Å²) in [6.45, 7) is 3.78. The zero-order chi connectivity index (χ0) is 13.7. The van der Waals surface area contributed by atoms with E-state index in [1.54, 1.807) is 0 Å². The highest BCUT2D eigenvalue weighted by molar-refractivity contribution is 5.94. The van der Waals surface area contributed by atoms with Gasteiger partial charge in [0.2, 0.25) is 0 Å². The molecule has 0 aliphatic rings. The van der Waals surface area contributed by atoms with Crippen LogP contribution in [0.4, 0.5) is 8.78 Å². The fourth-order valence-corrected chi connectivity index (χ4v) is 1.60. The van der Waals surface area contributed by atoms with Crippen LogP contribution in [-0.2, 0) is 0 Å². The lowest BCUT2D eigenvalue weighted by molar-refractivity contribution is 0.0916. The standard InChI is InChI=1S/C13H17F2NO2/c1-8(2)12(5-6-17)16-13(18)9-3-4-10(14)11(15)7-9/h3-4,7-8,12,17H,5-6H2,1-2H3,(H,16,18). The Morgan fingerprint density at radius 1 is 1.33 bits per heavy atom. The van der Waals surface area contributed by atoms with Crippen molar-refractivity contribution in [1.29, 1.82) is 0 Å². The van der Waals surface area contributed by atoms with E-state index >= 15 is 0 Å². The van der Waals surface area contributed by atoms with Crippen LogP contribution in [0, 0.1) is 17.6 Å². The highest BCUT2D eigenvalue weighted by atomic mass is 19.2. The van der Waals surface area contributed by atoms with Gasteiger partial charge in [0.15, 0.2) is 11.6 Å². The van der Waals surface area contributed by atoms with Gasteiger partial charge in [0, 0.05) is 18.2 Å². The van der Waals surface area contributed by atoms with Gasteiger partial charge >= 0.3 is 0 Å². The lowest BCUT2D eigenvalue weighted by atomic mass is 10.0. The monoisotopic (exact) mass is 257 g/mol. The number of aliphatic hydroxyl groups is 1. The van der Waals surface area contributed by atoms with Crippen molar-refractivity contribution in [3.8, 4) is 0 Å². The van der Waals surface area contributed by atoms with E-state index in [0.717, 1.165) is 12.1 Å². The number of nitrogens with one attached hydrogen (secondary N) is 1. The van der Waals surface area contributed by atoms with Crippen molar-refractivity contribution >= 4 is 5.91 Å². The summed E-state index contributed by atoms with van der Waals surface area (Å²) < 4.78 is 25.7. The maximum atomic E-state index is 13.0. The van der Waals surface area contributed by atoms with Crippen molar-refractivity contribution in [1.82, 2.24) is 5.32 Å². The lowest BCUT2D eigenvalue weighted by Crippen LogP contribution is -2.39. The number of rotatable bonds is 5. The van der Waals surface area contributed by atoms with Crippen LogP contribution in [0.15, 0.2) is 18.2 Å². The summed E-state index contributed by atoms with van der Waals surface area (Å²) in [7, 11) is 0. The van der Waals surface area contributed by atoms with Crippen molar-refractivity contribution in [3.63, 3.8) is 0 Å². The minimum Gasteiger partial charge on any atom is -0.396 e. The Hall–Kier alpha value is -1.49. The summed E-state index contributed by atoms with van der Waals surface area (Å²) in [5.74, 6) is -2.36. The fourth-order valence-electron chi connectivity index (χ4n) is 1.60. The number of carbonyl (C=O) groups excluding carboxylic acids is 1. The summed E-state index contributed by atoms with van der Waals surface area (Å²) in [5, 5.41) is 11.6. The second-order valence-electron chi connectivity index (χ2n) is 4.47. The van der Waals surface area contributed by atoms with Gasteiger partial charge in [-0.1, -0.05) is 13.8 Å². The highest BCUT2D eigenvalue weighted by Crippen LogP contribution is 2.11. The van der Waals surface area contributed by atoms with Gasteiger partial charge in [-0.2, -0.15) is 0 Å². The maximum Gasteiger partial charge on any atom is 0.251 e. The van der Waals surface area contributed by atoms with Gasteiger partial charge in [-0.25, -0.2) is 8.78 Å². The Labute approximate surface area is 105 Å².